The zero-order valence-electron chi connectivity index (χ0n) is 8.88. The SMILES string of the molecule is Fc1ccc(Cn2ncc(Br)c2C(F)(F)F)cc1. The molecule has 0 bridgehead atoms. The molecule has 0 atom stereocenters. The monoisotopic (exact) mass is 322 g/mol. The van der Waals surface area contributed by atoms with Gasteiger partial charge in [0.15, 0.2) is 5.69 Å². The van der Waals surface area contributed by atoms with E-state index in [9.17, 15) is 17.6 Å². The van der Waals surface area contributed by atoms with Crippen molar-refractivity contribution in [3.05, 3.63) is 52.0 Å². The molecule has 1 aromatic heterocycles. The highest BCUT2D eigenvalue weighted by atomic mass is 79.9. The highest BCUT2D eigenvalue weighted by Crippen LogP contribution is 2.34. The smallest absolute Gasteiger partial charge is 0.255 e. The van der Waals surface area contributed by atoms with Gasteiger partial charge in [-0.15, -0.1) is 0 Å². The van der Waals surface area contributed by atoms with Crippen molar-refractivity contribution in [1.82, 2.24) is 9.78 Å². The fourth-order valence-corrected chi connectivity index (χ4v) is 2.05. The zero-order chi connectivity index (χ0) is 13.3. The summed E-state index contributed by atoms with van der Waals surface area (Å²) in [5.41, 5.74) is -0.315. The Labute approximate surface area is 108 Å². The number of benzene rings is 1. The van der Waals surface area contributed by atoms with Gasteiger partial charge < -0.3 is 0 Å². The Balaban J connectivity index is 2.33. The Bertz CT molecular complexity index is 545. The predicted octanol–water partition coefficient (Wildman–Crippen LogP) is 3.85. The van der Waals surface area contributed by atoms with Crippen LogP contribution in [0.1, 0.15) is 11.3 Å². The van der Waals surface area contributed by atoms with Crippen molar-refractivity contribution in [3.63, 3.8) is 0 Å². The van der Waals surface area contributed by atoms with Crippen molar-refractivity contribution in [2.45, 2.75) is 12.7 Å². The van der Waals surface area contributed by atoms with Gasteiger partial charge in [0.2, 0.25) is 0 Å². The number of nitrogens with zero attached hydrogens (tertiary/aromatic N) is 2. The maximum atomic E-state index is 12.8. The van der Waals surface area contributed by atoms with Crippen LogP contribution < -0.4 is 0 Å². The number of halogens is 5. The van der Waals surface area contributed by atoms with Crippen molar-refractivity contribution in [1.29, 1.82) is 0 Å². The molecule has 0 aliphatic heterocycles. The van der Waals surface area contributed by atoms with Crippen molar-refractivity contribution in [2.75, 3.05) is 0 Å². The molecule has 2 nitrogen and oxygen atoms in total. The topological polar surface area (TPSA) is 17.8 Å². The highest BCUT2D eigenvalue weighted by Gasteiger charge is 2.37. The first kappa shape index (κ1) is 13.1. The first-order valence-corrected chi connectivity index (χ1v) is 5.70. The van der Waals surface area contributed by atoms with E-state index in [1.54, 1.807) is 0 Å². The van der Waals surface area contributed by atoms with Crippen LogP contribution in [0.4, 0.5) is 17.6 Å². The standard InChI is InChI=1S/C11H7BrF4N2/c12-9-5-17-18(10(9)11(14,15)16)6-7-1-3-8(13)4-2-7/h1-5H,6H2. The summed E-state index contributed by atoms with van der Waals surface area (Å²) in [5, 5.41) is 3.66. The Morgan fingerprint density at radius 3 is 2.33 bits per heavy atom. The molecular weight excluding hydrogens is 316 g/mol. The third-order valence-corrected chi connectivity index (χ3v) is 2.89. The van der Waals surface area contributed by atoms with Crippen LogP contribution in [0.25, 0.3) is 0 Å². The normalized spacial score (nSPS) is 11.8. The lowest BCUT2D eigenvalue weighted by molar-refractivity contribution is -0.144. The third-order valence-electron chi connectivity index (χ3n) is 2.31. The Morgan fingerprint density at radius 2 is 1.78 bits per heavy atom. The van der Waals surface area contributed by atoms with Gasteiger partial charge in [-0.2, -0.15) is 18.3 Å². The summed E-state index contributed by atoms with van der Waals surface area (Å²) in [6.45, 7) is -0.0687. The summed E-state index contributed by atoms with van der Waals surface area (Å²) >= 11 is 2.81. The summed E-state index contributed by atoms with van der Waals surface area (Å²) < 4.78 is 51.7. The van der Waals surface area contributed by atoms with Gasteiger partial charge in [0.05, 0.1) is 17.2 Å². The maximum Gasteiger partial charge on any atom is 0.434 e. The van der Waals surface area contributed by atoms with Crippen molar-refractivity contribution in [3.8, 4) is 0 Å². The van der Waals surface area contributed by atoms with E-state index in [2.05, 4.69) is 21.0 Å². The van der Waals surface area contributed by atoms with E-state index in [-0.39, 0.29) is 11.0 Å². The first-order valence-electron chi connectivity index (χ1n) is 4.91. The summed E-state index contributed by atoms with van der Waals surface area (Å²) in [4.78, 5) is 0. The van der Waals surface area contributed by atoms with Gasteiger partial charge in [-0.05, 0) is 33.6 Å². The van der Waals surface area contributed by atoms with E-state index < -0.39 is 17.7 Å². The second-order valence-electron chi connectivity index (χ2n) is 3.62. The van der Waals surface area contributed by atoms with Crippen LogP contribution in [-0.4, -0.2) is 9.78 Å². The van der Waals surface area contributed by atoms with E-state index in [1.165, 1.54) is 24.3 Å². The van der Waals surface area contributed by atoms with Gasteiger partial charge in [-0.3, -0.25) is 4.68 Å². The molecule has 1 heterocycles. The molecule has 0 spiro atoms. The molecule has 18 heavy (non-hydrogen) atoms. The van der Waals surface area contributed by atoms with Crippen LogP contribution in [0.2, 0.25) is 0 Å². The van der Waals surface area contributed by atoms with E-state index in [1.807, 2.05) is 0 Å². The maximum absolute atomic E-state index is 12.8. The van der Waals surface area contributed by atoms with Crippen LogP contribution >= 0.6 is 15.9 Å². The molecular formula is C11H7BrF4N2. The summed E-state index contributed by atoms with van der Waals surface area (Å²) in [6, 6.07) is 5.23. The molecule has 2 rings (SSSR count). The Kier molecular flexibility index (Phi) is 3.43. The van der Waals surface area contributed by atoms with Crippen molar-refractivity contribution in [2.24, 2.45) is 0 Å². The summed E-state index contributed by atoms with van der Waals surface area (Å²) in [6.07, 6.45) is -3.40. The number of alkyl halides is 3. The fraction of sp³-hybridized carbons (Fsp3) is 0.182. The van der Waals surface area contributed by atoms with Gasteiger partial charge in [-0.1, -0.05) is 12.1 Å². The molecule has 0 N–H and O–H groups in total. The summed E-state index contributed by atoms with van der Waals surface area (Å²) in [5.74, 6) is -0.434. The molecule has 1 aromatic carbocycles. The average molecular weight is 323 g/mol. The van der Waals surface area contributed by atoms with Crippen molar-refractivity contribution < 1.29 is 17.6 Å². The Morgan fingerprint density at radius 1 is 1.17 bits per heavy atom. The number of hydrogen-bond donors (Lipinski definition) is 0. The van der Waals surface area contributed by atoms with E-state index in [4.69, 9.17) is 0 Å². The van der Waals surface area contributed by atoms with Crippen LogP contribution in [0.3, 0.4) is 0 Å². The molecule has 0 radical (unpaired) electrons. The quantitative estimate of drug-likeness (QED) is 0.768. The second-order valence-corrected chi connectivity index (χ2v) is 4.48. The second kappa shape index (κ2) is 4.72. The number of rotatable bonds is 2. The summed E-state index contributed by atoms with van der Waals surface area (Å²) in [7, 11) is 0. The Hall–Kier alpha value is -1.37. The zero-order valence-corrected chi connectivity index (χ0v) is 10.5. The molecule has 96 valence electrons. The lowest BCUT2D eigenvalue weighted by atomic mass is 10.2. The van der Waals surface area contributed by atoms with Crippen LogP contribution in [0.15, 0.2) is 34.9 Å². The minimum atomic E-state index is -4.49. The van der Waals surface area contributed by atoms with Gasteiger partial charge in [0.1, 0.15) is 5.82 Å². The van der Waals surface area contributed by atoms with Crippen LogP contribution in [0, 0.1) is 5.82 Å². The number of aromatic nitrogens is 2. The van der Waals surface area contributed by atoms with Crippen molar-refractivity contribution >= 4 is 15.9 Å². The van der Waals surface area contributed by atoms with Gasteiger partial charge in [0.25, 0.3) is 0 Å². The van der Waals surface area contributed by atoms with Gasteiger partial charge >= 0.3 is 6.18 Å². The lowest BCUT2D eigenvalue weighted by Crippen LogP contribution is -2.15. The van der Waals surface area contributed by atoms with E-state index in [0.717, 1.165) is 10.9 Å². The fourth-order valence-electron chi connectivity index (χ4n) is 1.53. The molecule has 0 saturated heterocycles. The molecule has 0 aliphatic rings. The van der Waals surface area contributed by atoms with E-state index >= 15 is 0 Å². The minimum absolute atomic E-state index is 0.0687. The molecule has 7 heteroatoms. The van der Waals surface area contributed by atoms with E-state index in [0.29, 0.717) is 5.56 Å². The molecule has 0 unspecified atom stereocenters. The highest BCUT2D eigenvalue weighted by molar-refractivity contribution is 9.10. The van der Waals surface area contributed by atoms with Crippen LogP contribution in [0.5, 0.6) is 0 Å². The molecule has 0 aliphatic carbocycles. The lowest BCUT2D eigenvalue weighted by Gasteiger charge is -2.11. The predicted molar refractivity (Wildman–Crippen MR) is 60.4 cm³/mol. The molecule has 0 saturated carbocycles. The number of hydrogen-bond acceptors (Lipinski definition) is 1. The largest absolute Gasteiger partial charge is 0.434 e. The third kappa shape index (κ3) is 2.72. The first-order chi connectivity index (χ1) is 8.38. The van der Waals surface area contributed by atoms with Gasteiger partial charge in [0, 0.05) is 0 Å². The molecule has 0 fully saturated rings. The molecule has 2 aromatic rings. The molecule has 0 amide bonds. The average Bonchev–Trinajstić information content (AvgIpc) is 2.63. The minimum Gasteiger partial charge on any atom is -0.255 e. The van der Waals surface area contributed by atoms with Crippen LogP contribution in [-0.2, 0) is 12.7 Å². The van der Waals surface area contributed by atoms with Gasteiger partial charge in [-0.25, -0.2) is 4.39 Å².